The van der Waals surface area contributed by atoms with Crippen LogP contribution in [0.2, 0.25) is 0 Å². The third kappa shape index (κ3) is 2.12. The van der Waals surface area contributed by atoms with Crippen molar-refractivity contribution in [2.75, 3.05) is 26.2 Å². The maximum atomic E-state index is 12.6. The zero-order chi connectivity index (χ0) is 14.1. The van der Waals surface area contributed by atoms with Gasteiger partial charge in [0.25, 0.3) is 0 Å². The number of fused-ring (bicyclic) bond motifs is 1. The molecule has 2 heterocycles. The van der Waals surface area contributed by atoms with Gasteiger partial charge in [-0.25, -0.2) is 4.79 Å². The molecule has 2 N–H and O–H groups in total. The van der Waals surface area contributed by atoms with Crippen molar-refractivity contribution < 1.29 is 19.4 Å². The van der Waals surface area contributed by atoms with Gasteiger partial charge in [0, 0.05) is 25.2 Å². The number of hydrogen-bond acceptors (Lipinski definition) is 4. The van der Waals surface area contributed by atoms with E-state index in [1.54, 1.807) is 0 Å². The summed E-state index contributed by atoms with van der Waals surface area (Å²) in [5.41, 5.74) is 0.847. The minimum atomic E-state index is -0.974. The van der Waals surface area contributed by atoms with Crippen molar-refractivity contribution in [3.05, 3.63) is 29.8 Å². The van der Waals surface area contributed by atoms with Gasteiger partial charge in [0.05, 0.1) is 0 Å². The number of carboxylic acid groups (broad SMARTS) is 1. The van der Waals surface area contributed by atoms with Crippen LogP contribution in [0.1, 0.15) is 11.5 Å². The molecular formula is C14H16N2O4. The Morgan fingerprint density at radius 3 is 2.95 bits per heavy atom. The Morgan fingerprint density at radius 2 is 2.15 bits per heavy atom. The van der Waals surface area contributed by atoms with Crippen LogP contribution in [-0.2, 0) is 9.59 Å². The van der Waals surface area contributed by atoms with Crippen molar-refractivity contribution in [3.63, 3.8) is 0 Å². The lowest BCUT2D eigenvalue weighted by atomic mass is 9.98. The highest BCUT2D eigenvalue weighted by atomic mass is 16.5. The Labute approximate surface area is 116 Å². The second-order valence-corrected chi connectivity index (χ2v) is 4.99. The molecule has 106 valence electrons. The van der Waals surface area contributed by atoms with Crippen LogP contribution in [0.15, 0.2) is 24.3 Å². The lowest BCUT2D eigenvalue weighted by Gasteiger charge is -2.34. The molecule has 20 heavy (non-hydrogen) atoms. The summed E-state index contributed by atoms with van der Waals surface area (Å²) in [4.78, 5) is 25.4. The van der Waals surface area contributed by atoms with Crippen molar-refractivity contribution in [1.82, 2.24) is 10.2 Å². The first-order valence-electron chi connectivity index (χ1n) is 6.64. The first-order chi connectivity index (χ1) is 9.68. The highest BCUT2D eigenvalue weighted by Crippen LogP contribution is 2.35. The molecule has 2 unspecified atom stereocenters. The predicted molar refractivity (Wildman–Crippen MR) is 70.7 cm³/mol. The standard InChI is InChI=1S/C14H16N2O4/c17-13(16-6-5-15-7-11(16)14(18)19)10-8-20-12-4-2-1-3-9(10)12/h1-4,10-11,15H,5-8H2,(H,18,19). The molecule has 6 heteroatoms. The van der Waals surface area contributed by atoms with Gasteiger partial charge in [0.2, 0.25) is 5.91 Å². The van der Waals surface area contributed by atoms with Crippen molar-refractivity contribution in [1.29, 1.82) is 0 Å². The molecule has 1 saturated heterocycles. The number of benzene rings is 1. The molecule has 3 rings (SSSR count). The number of amides is 1. The van der Waals surface area contributed by atoms with Crippen LogP contribution in [0.3, 0.4) is 0 Å². The van der Waals surface area contributed by atoms with Crippen LogP contribution >= 0.6 is 0 Å². The molecule has 0 radical (unpaired) electrons. The minimum Gasteiger partial charge on any atom is -0.492 e. The third-order valence-electron chi connectivity index (χ3n) is 3.81. The van der Waals surface area contributed by atoms with E-state index >= 15 is 0 Å². The van der Waals surface area contributed by atoms with Gasteiger partial charge in [-0.15, -0.1) is 0 Å². The van der Waals surface area contributed by atoms with E-state index < -0.39 is 17.9 Å². The molecule has 0 aliphatic carbocycles. The quantitative estimate of drug-likeness (QED) is 0.798. The van der Waals surface area contributed by atoms with Gasteiger partial charge in [0.1, 0.15) is 24.3 Å². The molecule has 2 aliphatic heterocycles. The zero-order valence-electron chi connectivity index (χ0n) is 10.9. The fourth-order valence-corrected chi connectivity index (χ4v) is 2.76. The monoisotopic (exact) mass is 276 g/mol. The summed E-state index contributed by atoms with van der Waals surface area (Å²) >= 11 is 0. The van der Waals surface area contributed by atoms with Gasteiger partial charge in [-0.2, -0.15) is 0 Å². The summed E-state index contributed by atoms with van der Waals surface area (Å²) < 4.78 is 5.51. The van der Waals surface area contributed by atoms with Gasteiger partial charge in [-0.05, 0) is 6.07 Å². The molecule has 1 amide bonds. The highest BCUT2D eigenvalue weighted by molar-refractivity contribution is 5.89. The Balaban J connectivity index is 1.84. The van der Waals surface area contributed by atoms with Gasteiger partial charge in [-0.3, -0.25) is 4.79 Å². The predicted octanol–water partition coefficient (Wildman–Crippen LogP) is 0.0476. The summed E-state index contributed by atoms with van der Waals surface area (Å²) in [7, 11) is 0. The molecule has 0 spiro atoms. The summed E-state index contributed by atoms with van der Waals surface area (Å²) in [5, 5.41) is 12.2. The van der Waals surface area contributed by atoms with Crippen LogP contribution in [-0.4, -0.2) is 54.2 Å². The van der Waals surface area contributed by atoms with Gasteiger partial charge in [-0.1, -0.05) is 18.2 Å². The molecule has 1 fully saturated rings. The van der Waals surface area contributed by atoms with Gasteiger partial charge >= 0.3 is 5.97 Å². The third-order valence-corrected chi connectivity index (χ3v) is 3.81. The first kappa shape index (κ1) is 12.9. The van der Waals surface area contributed by atoms with Crippen LogP contribution < -0.4 is 10.1 Å². The molecule has 0 aromatic heterocycles. The maximum absolute atomic E-state index is 12.6. The number of carboxylic acids is 1. The molecule has 6 nitrogen and oxygen atoms in total. The van der Waals surface area contributed by atoms with Gasteiger partial charge < -0.3 is 20.1 Å². The average molecular weight is 276 g/mol. The van der Waals surface area contributed by atoms with E-state index in [-0.39, 0.29) is 19.1 Å². The average Bonchev–Trinajstić information content (AvgIpc) is 2.90. The SMILES string of the molecule is O=C(O)C1CNCCN1C(=O)C1COc2ccccc21. The van der Waals surface area contributed by atoms with E-state index in [0.29, 0.717) is 18.8 Å². The topological polar surface area (TPSA) is 78.9 Å². The largest absolute Gasteiger partial charge is 0.492 e. The number of hydrogen-bond donors (Lipinski definition) is 2. The van der Waals surface area contributed by atoms with Crippen LogP contribution in [0, 0.1) is 0 Å². The zero-order valence-corrected chi connectivity index (χ0v) is 10.9. The number of carbonyl (C=O) groups excluding carboxylic acids is 1. The van der Waals surface area contributed by atoms with Crippen LogP contribution in [0.25, 0.3) is 0 Å². The number of carbonyl (C=O) groups is 2. The lowest BCUT2D eigenvalue weighted by Crippen LogP contribution is -2.58. The van der Waals surface area contributed by atoms with Crippen molar-refractivity contribution in [2.24, 2.45) is 0 Å². The van der Waals surface area contributed by atoms with Crippen LogP contribution in [0.4, 0.5) is 0 Å². The van der Waals surface area contributed by atoms with Crippen molar-refractivity contribution >= 4 is 11.9 Å². The second-order valence-electron chi connectivity index (χ2n) is 4.99. The van der Waals surface area contributed by atoms with E-state index in [4.69, 9.17) is 4.74 Å². The molecule has 1 aromatic rings. The Bertz CT molecular complexity index is 546. The highest BCUT2D eigenvalue weighted by Gasteiger charge is 2.39. The van der Waals surface area contributed by atoms with Crippen molar-refractivity contribution in [2.45, 2.75) is 12.0 Å². The van der Waals surface area contributed by atoms with E-state index in [2.05, 4.69) is 5.32 Å². The summed E-state index contributed by atoms with van der Waals surface area (Å²) in [6.07, 6.45) is 0. The molecular weight excluding hydrogens is 260 g/mol. The number of piperazine rings is 1. The number of ether oxygens (including phenoxy) is 1. The normalized spacial score (nSPS) is 24.9. The number of nitrogens with zero attached hydrogens (tertiary/aromatic N) is 1. The second kappa shape index (κ2) is 5.13. The summed E-state index contributed by atoms with van der Waals surface area (Å²) in [6.45, 7) is 1.60. The molecule has 2 atom stereocenters. The lowest BCUT2D eigenvalue weighted by molar-refractivity contribution is -0.152. The number of para-hydroxylation sites is 1. The maximum Gasteiger partial charge on any atom is 0.327 e. The van der Waals surface area contributed by atoms with E-state index in [0.717, 1.165) is 5.56 Å². The molecule has 0 saturated carbocycles. The summed E-state index contributed by atoms with van der Waals surface area (Å²) in [5.74, 6) is -0.819. The van der Waals surface area contributed by atoms with Crippen molar-refractivity contribution in [3.8, 4) is 5.75 Å². The Kier molecular flexibility index (Phi) is 3.31. The van der Waals surface area contributed by atoms with E-state index in [9.17, 15) is 14.7 Å². The first-order valence-corrected chi connectivity index (χ1v) is 6.64. The molecule has 1 aromatic carbocycles. The number of aliphatic carboxylic acids is 1. The van der Waals surface area contributed by atoms with E-state index in [1.807, 2.05) is 24.3 Å². The Morgan fingerprint density at radius 1 is 1.35 bits per heavy atom. The van der Waals surface area contributed by atoms with Crippen LogP contribution in [0.5, 0.6) is 5.75 Å². The number of rotatable bonds is 2. The van der Waals surface area contributed by atoms with Gasteiger partial charge in [0.15, 0.2) is 0 Å². The number of nitrogens with one attached hydrogen (secondary N) is 1. The smallest absolute Gasteiger partial charge is 0.327 e. The fourth-order valence-electron chi connectivity index (χ4n) is 2.76. The Hall–Kier alpha value is -2.08. The summed E-state index contributed by atoms with van der Waals surface area (Å²) in [6, 6.07) is 6.61. The van der Waals surface area contributed by atoms with E-state index in [1.165, 1.54) is 4.90 Å². The fraction of sp³-hybridized carbons (Fsp3) is 0.429. The minimum absolute atomic E-state index is 0.163. The molecule has 2 aliphatic rings. The molecule has 0 bridgehead atoms.